The van der Waals surface area contributed by atoms with Crippen LogP contribution in [0.15, 0.2) is 17.6 Å². The molecule has 4 heterocycles. The third-order valence-electron chi connectivity index (χ3n) is 5.76. The zero-order chi connectivity index (χ0) is 23.3. The molecule has 10 nitrogen and oxygen atoms in total. The van der Waals surface area contributed by atoms with Crippen molar-refractivity contribution in [2.75, 3.05) is 36.5 Å². The van der Waals surface area contributed by atoms with Crippen molar-refractivity contribution in [3.8, 4) is 11.3 Å². The fourth-order valence-electron chi connectivity index (χ4n) is 4.24. The first-order valence-corrected chi connectivity index (χ1v) is 12.1. The first kappa shape index (κ1) is 22.5. The Bertz CT molecular complexity index is 1030. The number of fused-ring (bicyclic) bond motifs is 1. The highest BCUT2D eigenvalue weighted by Gasteiger charge is 2.45. The summed E-state index contributed by atoms with van der Waals surface area (Å²) in [6.07, 6.45) is 6.01. The molecule has 0 bridgehead atoms. The zero-order valence-corrected chi connectivity index (χ0v) is 19.9. The van der Waals surface area contributed by atoms with Crippen LogP contribution in [0.4, 0.5) is 16.6 Å². The third kappa shape index (κ3) is 4.31. The molecule has 0 spiro atoms. The number of likely N-dealkylation sites (tertiary alicyclic amines) is 1. The summed E-state index contributed by atoms with van der Waals surface area (Å²) in [6, 6.07) is 0. The van der Waals surface area contributed by atoms with Crippen molar-refractivity contribution in [1.29, 1.82) is 0 Å². The normalized spacial score (nSPS) is 21.6. The van der Waals surface area contributed by atoms with Gasteiger partial charge in [-0.15, -0.1) is 0 Å². The van der Waals surface area contributed by atoms with Gasteiger partial charge in [0.15, 0.2) is 0 Å². The van der Waals surface area contributed by atoms with Crippen LogP contribution in [0, 0.1) is 0 Å². The van der Waals surface area contributed by atoms with E-state index in [1.54, 1.807) is 23.5 Å². The van der Waals surface area contributed by atoms with E-state index in [2.05, 4.69) is 31.8 Å². The van der Waals surface area contributed by atoms with Crippen molar-refractivity contribution in [2.45, 2.75) is 56.8 Å². The Morgan fingerprint density at radius 3 is 2.56 bits per heavy atom. The average molecular weight is 460 g/mol. The molecule has 2 atom stereocenters. The number of aromatic nitrogens is 4. The van der Waals surface area contributed by atoms with Crippen molar-refractivity contribution in [3.05, 3.63) is 18.0 Å². The molecule has 2 aliphatic heterocycles. The van der Waals surface area contributed by atoms with E-state index in [0.29, 0.717) is 24.3 Å². The third-order valence-corrected chi connectivity index (χ3v) is 6.46. The van der Waals surface area contributed by atoms with E-state index in [9.17, 15) is 9.35 Å². The van der Waals surface area contributed by atoms with Crippen molar-refractivity contribution in [1.82, 2.24) is 24.8 Å². The lowest BCUT2D eigenvalue weighted by atomic mass is 9.99. The van der Waals surface area contributed by atoms with E-state index in [-0.39, 0.29) is 22.7 Å². The van der Waals surface area contributed by atoms with Crippen LogP contribution in [-0.2, 0) is 22.3 Å². The van der Waals surface area contributed by atoms with Crippen molar-refractivity contribution in [3.63, 3.8) is 0 Å². The molecule has 4 rings (SSSR count). The summed E-state index contributed by atoms with van der Waals surface area (Å²) in [4.78, 5) is 34.0. The fourth-order valence-corrected chi connectivity index (χ4v) is 4.67. The lowest BCUT2D eigenvalue weighted by Gasteiger charge is -2.37. The van der Waals surface area contributed by atoms with Gasteiger partial charge < -0.3 is 24.8 Å². The van der Waals surface area contributed by atoms with Gasteiger partial charge in [0.25, 0.3) is 0 Å². The largest absolute Gasteiger partial charge is 0.609 e. The minimum atomic E-state index is -1.36. The number of hydrogen-bond acceptors (Lipinski definition) is 9. The van der Waals surface area contributed by atoms with E-state index in [1.807, 2.05) is 20.8 Å². The summed E-state index contributed by atoms with van der Waals surface area (Å²) in [5.74, 6) is 0.937. The summed E-state index contributed by atoms with van der Waals surface area (Å²) < 4.78 is 17.9. The Morgan fingerprint density at radius 2 is 1.94 bits per heavy atom. The van der Waals surface area contributed by atoms with Gasteiger partial charge in [0, 0.05) is 54.3 Å². The predicted molar refractivity (Wildman–Crippen MR) is 122 cm³/mol. The van der Waals surface area contributed by atoms with Gasteiger partial charge >= 0.3 is 11.2 Å². The molecule has 172 valence electrons. The van der Waals surface area contributed by atoms with Gasteiger partial charge in [0.1, 0.15) is 17.7 Å². The summed E-state index contributed by atoms with van der Waals surface area (Å²) >= 11 is -1.36. The monoisotopic (exact) mass is 459 g/mol. The van der Waals surface area contributed by atoms with Crippen LogP contribution in [-0.4, -0.2) is 72.5 Å². The molecule has 1 amide bonds. The second-order valence-corrected chi connectivity index (χ2v) is 10.8. The molecule has 32 heavy (non-hydrogen) atoms. The summed E-state index contributed by atoms with van der Waals surface area (Å²) in [5.41, 5.74) is 7.12. The Labute approximate surface area is 190 Å². The van der Waals surface area contributed by atoms with E-state index in [0.717, 1.165) is 30.8 Å². The summed E-state index contributed by atoms with van der Waals surface area (Å²) in [6.45, 7) is 9.58. The molecule has 0 radical (unpaired) electrons. The zero-order valence-electron chi connectivity index (χ0n) is 19.1. The van der Waals surface area contributed by atoms with E-state index < -0.39 is 16.8 Å². The first-order chi connectivity index (χ1) is 15.0. The number of amides is 1. The molecule has 2 aliphatic rings. The van der Waals surface area contributed by atoms with Crippen LogP contribution < -0.4 is 10.6 Å². The minimum absolute atomic E-state index is 0.182. The Balaban J connectivity index is 1.67. The van der Waals surface area contributed by atoms with Gasteiger partial charge in [-0.1, -0.05) is 0 Å². The lowest BCUT2D eigenvalue weighted by molar-refractivity contribution is 0.0285. The molecular weight excluding hydrogens is 430 g/mol. The smallest absolute Gasteiger partial charge is 0.410 e. The Morgan fingerprint density at radius 1 is 1.25 bits per heavy atom. The number of ether oxygens (including phenoxy) is 1. The van der Waals surface area contributed by atoms with Crippen molar-refractivity contribution in [2.24, 2.45) is 0 Å². The minimum Gasteiger partial charge on any atom is -0.609 e. The molecule has 1 unspecified atom stereocenters. The predicted octanol–water partition coefficient (Wildman–Crippen LogP) is 2.02. The standard InChI is InChI=1S/C21H29N7O3S/c1-20(2,3)31-19(29)27-9-7-21(4,12-27)28-8-6-14-15(13-10-23-17(22)24-11-13)25-18(32(5)30)26-16(14)28/h10-11H,6-9,12H2,1-5H3,(H2,22,23,24)/t21-,32?/m0/s1. The van der Waals surface area contributed by atoms with Crippen LogP contribution in [0.2, 0.25) is 0 Å². The maximum atomic E-state index is 12.6. The quantitative estimate of drug-likeness (QED) is 0.540. The lowest BCUT2D eigenvalue weighted by Crippen LogP contribution is -2.49. The maximum Gasteiger partial charge on any atom is 0.410 e. The van der Waals surface area contributed by atoms with Gasteiger partial charge in [-0.25, -0.2) is 14.8 Å². The summed E-state index contributed by atoms with van der Waals surface area (Å²) in [7, 11) is 0. The SMILES string of the molecule is C[S+]([O-])c1nc(-c2cnc(N)nc2)c2c(n1)N([C@@]1(C)CCN(C(=O)OC(C)(C)C)C1)CC2. The first-order valence-electron chi connectivity index (χ1n) is 10.5. The van der Waals surface area contributed by atoms with E-state index >= 15 is 0 Å². The molecule has 0 aliphatic carbocycles. The van der Waals surface area contributed by atoms with Gasteiger partial charge in [-0.3, -0.25) is 0 Å². The van der Waals surface area contributed by atoms with Gasteiger partial charge in [-0.05, 0) is 40.5 Å². The maximum absolute atomic E-state index is 12.6. The summed E-state index contributed by atoms with van der Waals surface area (Å²) in [5, 5.41) is 0.257. The number of nitrogens with two attached hydrogens (primary N) is 1. The molecule has 1 saturated heterocycles. The van der Waals surface area contributed by atoms with Crippen LogP contribution in [0.5, 0.6) is 0 Å². The van der Waals surface area contributed by atoms with Crippen LogP contribution in [0.25, 0.3) is 11.3 Å². The second-order valence-electron chi connectivity index (χ2n) is 9.49. The molecule has 2 aromatic heterocycles. The number of anilines is 2. The van der Waals surface area contributed by atoms with E-state index in [1.165, 1.54) is 0 Å². The highest BCUT2D eigenvalue weighted by Crippen LogP contribution is 2.41. The van der Waals surface area contributed by atoms with Crippen molar-refractivity contribution < 1.29 is 14.1 Å². The molecule has 0 aromatic carbocycles. The molecule has 2 aromatic rings. The fraction of sp³-hybridized carbons (Fsp3) is 0.571. The number of nitrogen functional groups attached to an aromatic ring is 1. The van der Waals surface area contributed by atoms with Gasteiger partial charge in [0.2, 0.25) is 5.95 Å². The molecule has 11 heteroatoms. The van der Waals surface area contributed by atoms with Gasteiger partial charge in [0.05, 0.1) is 11.2 Å². The van der Waals surface area contributed by atoms with E-state index in [4.69, 9.17) is 10.5 Å². The van der Waals surface area contributed by atoms with Gasteiger partial charge in [-0.2, -0.15) is 9.97 Å². The number of carbonyl (C=O) groups is 1. The Kier molecular flexibility index (Phi) is 5.66. The molecule has 2 N–H and O–H groups in total. The van der Waals surface area contributed by atoms with Crippen molar-refractivity contribution >= 4 is 29.0 Å². The van der Waals surface area contributed by atoms with Crippen LogP contribution in [0.3, 0.4) is 0 Å². The highest BCUT2D eigenvalue weighted by atomic mass is 32.2. The number of carbonyl (C=O) groups excluding carboxylic acids is 1. The number of nitrogens with zero attached hydrogens (tertiary/aromatic N) is 6. The number of rotatable bonds is 3. The van der Waals surface area contributed by atoms with Crippen LogP contribution >= 0.6 is 0 Å². The molecular formula is C21H29N7O3S. The molecule has 0 saturated carbocycles. The number of hydrogen-bond donors (Lipinski definition) is 1. The highest BCUT2D eigenvalue weighted by molar-refractivity contribution is 7.90. The topological polar surface area (TPSA) is 133 Å². The second kappa shape index (κ2) is 8.04. The average Bonchev–Trinajstić information content (AvgIpc) is 3.31. The van der Waals surface area contributed by atoms with Crippen LogP contribution in [0.1, 0.15) is 39.7 Å². The Hall–Kier alpha value is -2.66. The molecule has 1 fully saturated rings.